The van der Waals surface area contributed by atoms with Crippen LogP contribution >= 0.6 is 23.1 Å². The average molecular weight is 200 g/mol. The van der Waals surface area contributed by atoms with E-state index in [1.807, 2.05) is 23.1 Å². The van der Waals surface area contributed by atoms with Crippen LogP contribution in [0.4, 0.5) is 0 Å². The molecule has 12 heavy (non-hydrogen) atoms. The Hall–Kier alpha value is 0.0500. The maximum Gasteiger partial charge on any atom is 0.00752 e. The lowest BCUT2D eigenvalue weighted by molar-refractivity contribution is 0.802. The van der Waals surface area contributed by atoms with Crippen LogP contribution in [0, 0.1) is 0 Å². The van der Waals surface area contributed by atoms with Gasteiger partial charge in [0, 0.05) is 9.62 Å². The molecule has 0 atom stereocenters. The van der Waals surface area contributed by atoms with Crippen LogP contribution in [-0.2, 0) is 6.42 Å². The number of hydrogen-bond acceptors (Lipinski definition) is 2. The lowest BCUT2D eigenvalue weighted by Crippen LogP contribution is -2.08. The minimum Gasteiger partial charge on any atom is -0.156 e. The predicted octanol–water partition coefficient (Wildman–Crippen LogP) is 3.82. The van der Waals surface area contributed by atoms with Crippen molar-refractivity contribution in [1.82, 2.24) is 0 Å². The summed E-state index contributed by atoms with van der Waals surface area (Å²) in [5.41, 5.74) is 0. The molecule has 0 aliphatic carbocycles. The molecular weight excluding hydrogens is 184 g/mol. The summed E-state index contributed by atoms with van der Waals surface area (Å²) in [7, 11) is 0. The Morgan fingerprint density at radius 2 is 2.17 bits per heavy atom. The summed E-state index contributed by atoms with van der Waals surface area (Å²) in [6.07, 6.45) is 1.22. The molecule has 0 aromatic carbocycles. The van der Waals surface area contributed by atoms with Gasteiger partial charge in [-0.3, -0.25) is 0 Å². The van der Waals surface area contributed by atoms with E-state index >= 15 is 0 Å². The zero-order valence-corrected chi connectivity index (χ0v) is 9.60. The molecule has 1 rings (SSSR count). The van der Waals surface area contributed by atoms with Crippen LogP contribution in [0.2, 0.25) is 0 Å². The topological polar surface area (TPSA) is 0 Å². The highest BCUT2D eigenvalue weighted by atomic mass is 32.2. The standard InChI is InChI=1S/C10H16S2/c1-10(2,3)12-8-6-9-5-4-7-11-9/h4-5,7H,6,8H2,1-3H3. The molecule has 0 saturated carbocycles. The van der Waals surface area contributed by atoms with Gasteiger partial charge in [-0.15, -0.1) is 11.3 Å². The second-order valence-electron chi connectivity index (χ2n) is 3.79. The smallest absolute Gasteiger partial charge is 0.00752 e. The van der Waals surface area contributed by atoms with Crippen LogP contribution in [0.25, 0.3) is 0 Å². The van der Waals surface area contributed by atoms with Gasteiger partial charge in [0.25, 0.3) is 0 Å². The fraction of sp³-hybridized carbons (Fsp3) is 0.600. The van der Waals surface area contributed by atoms with E-state index in [1.165, 1.54) is 17.1 Å². The SMILES string of the molecule is CC(C)(C)SCCc1cccs1. The van der Waals surface area contributed by atoms with Crippen LogP contribution < -0.4 is 0 Å². The second-order valence-corrected chi connectivity index (χ2v) is 6.74. The maximum atomic E-state index is 2.27. The van der Waals surface area contributed by atoms with E-state index in [-0.39, 0.29) is 0 Å². The highest BCUT2D eigenvalue weighted by molar-refractivity contribution is 8.00. The van der Waals surface area contributed by atoms with E-state index in [9.17, 15) is 0 Å². The maximum absolute atomic E-state index is 2.27. The number of rotatable bonds is 3. The summed E-state index contributed by atoms with van der Waals surface area (Å²) in [6, 6.07) is 4.34. The predicted molar refractivity (Wildman–Crippen MR) is 60.2 cm³/mol. The van der Waals surface area contributed by atoms with Crippen LogP contribution in [0.1, 0.15) is 25.6 Å². The molecule has 0 aliphatic heterocycles. The summed E-state index contributed by atoms with van der Waals surface area (Å²) in [6.45, 7) is 6.81. The molecule has 0 saturated heterocycles. The molecular formula is C10H16S2. The highest BCUT2D eigenvalue weighted by Gasteiger charge is 2.09. The molecule has 2 heteroatoms. The van der Waals surface area contributed by atoms with Gasteiger partial charge in [0.1, 0.15) is 0 Å². The monoisotopic (exact) mass is 200 g/mol. The second kappa shape index (κ2) is 4.33. The molecule has 0 aliphatic rings. The lowest BCUT2D eigenvalue weighted by atomic mass is 10.3. The Morgan fingerprint density at radius 1 is 1.42 bits per heavy atom. The van der Waals surface area contributed by atoms with Crippen molar-refractivity contribution < 1.29 is 0 Å². The fourth-order valence-corrected chi connectivity index (χ4v) is 2.69. The van der Waals surface area contributed by atoms with E-state index in [1.54, 1.807) is 0 Å². The minimum atomic E-state index is 0.414. The van der Waals surface area contributed by atoms with Gasteiger partial charge in [-0.1, -0.05) is 26.8 Å². The Kier molecular flexibility index (Phi) is 3.66. The molecule has 0 spiro atoms. The molecule has 68 valence electrons. The summed E-state index contributed by atoms with van der Waals surface area (Å²) in [4.78, 5) is 1.51. The molecule has 0 fully saturated rings. The van der Waals surface area contributed by atoms with Gasteiger partial charge >= 0.3 is 0 Å². The van der Waals surface area contributed by atoms with Crippen molar-refractivity contribution in [3.8, 4) is 0 Å². The van der Waals surface area contributed by atoms with Crippen LogP contribution in [0.5, 0.6) is 0 Å². The third kappa shape index (κ3) is 4.17. The van der Waals surface area contributed by atoms with Crippen molar-refractivity contribution in [2.24, 2.45) is 0 Å². The molecule has 1 heterocycles. The normalized spacial score (nSPS) is 11.9. The third-order valence-corrected chi connectivity index (χ3v) is 3.67. The number of thioether (sulfide) groups is 1. The minimum absolute atomic E-state index is 0.414. The zero-order chi connectivity index (χ0) is 9.03. The summed E-state index contributed by atoms with van der Waals surface area (Å²) < 4.78 is 0.414. The van der Waals surface area contributed by atoms with Gasteiger partial charge in [-0.05, 0) is 23.6 Å². The lowest BCUT2D eigenvalue weighted by Gasteiger charge is -2.16. The summed E-state index contributed by atoms with van der Waals surface area (Å²) in [5, 5.41) is 2.15. The Labute approximate surface area is 83.4 Å². The van der Waals surface area contributed by atoms with Crippen LogP contribution in [-0.4, -0.2) is 10.5 Å². The first-order valence-corrected chi connectivity index (χ1v) is 6.11. The summed E-state index contributed by atoms with van der Waals surface area (Å²) in [5.74, 6) is 1.24. The first-order valence-electron chi connectivity index (χ1n) is 4.24. The molecule has 1 aromatic heterocycles. The van der Waals surface area contributed by atoms with Crippen LogP contribution in [0.15, 0.2) is 17.5 Å². The van der Waals surface area contributed by atoms with Crippen LogP contribution in [0.3, 0.4) is 0 Å². The largest absolute Gasteiger partial charge is 0.156 e. The molecule has 0 amide bonds. The van der Waals surface area contributed by atoms with Crippen molar-refractivity contribution in [3.63, 3.8) is 0 Å². The van der Waals surface area contributed by atoms with Crippen molar-refractivity contribution in [1.29, 1.82) is 0 Å². The number of thiophene rings is 1. The summed E-state index contributed by atoms with van der Waals surface area (Å²) >= 11 is 3.90. The van der Waals surface area contributed by atoms with Gasteiger partial charge in [0.2, 0.25) is 0 Å². The number of aryl methyl sites for hydroxylation is 1. The van der Waals surface area contributed by atoms with E-state index in [2.05, 4.69) is 38.3 Å². The molecule has 0 bridgehead atoms. The van der Waals surface area contributed by atoms with Gasteiger partial charge in [0.05, 0.1) is 0 Å². The van der Waals surface area contributed by atoms with Crippen molar-refractivity contribution in [2.75, 3.05) is 5.75 Å². The van der Waals surface area contributed by atoms with Gasteiger partial charge in [0.15, 0.2) is 0 Å². The molecule has 1 aromatic rings. The van der Waals surface area contributed by atoms with Crippen molar-refractivity contribution in [2.45, 2.75) is 31.9 Å². The van der Waals surface area contributed by atoms with Crippen molar-refractivity contribution >= 4 is 23.1 Å². The Morgan fingerprint density at radius 3 is 2.67 bits per heavy atom. The average Bonchev–Trinajstić information content (AvgIpc) is 2.36. The fourth-order valence-electron chi connectivity index (χ4n) is 0.913. The van der Waals surface area contributed by atoms with Gasteiger partial charge < -0.3 is 0 Å². The quantitative estimate of drug-likeness (QED) is 0.714. The van der Waals surface area contributed by atoms with E-state index in [4.69, 9.17) is 0 Å². The molecule has 0 N–H and O–H groups in total. The highest BCUT2D eigenvalue weighted by Crippen LogP contribution is 2.24. The van der Waals surface area contributed by atoms with Gasteiger partial charge in [-0.25, -0.2) is 0 Å². The van der Waals surface area contributed by atoms with E-state index in [0.29, 0.717) is 4.75 Å². The first-order chi connectivity index (χ1) is 5.58. The van der Waals surface area contributed by atoms with E-state index < -0.39 is 0 Å². The Bertz CT molecular complexity index is 206. The van der Waals surface area contributed by atoms with Crippen molar-refractivity contribution in [3.05, 3.63) is 22.4 Å². The third-order valence-electron chi connectivity index (χ3n) is 1.46. The zero-order valence-electron chi connectivity index (χ0n) is 7.96. The first kappa shape index (κ1) is 10.1. The van der Waals surface area contributed by atoms with Gasteiger partial charge in [-0.2, -0.15) is 11.8 Å². The number of hydrogen-bond donors (Lipinski definition) is 0. The van der Waals surface area contributed by atoms with E-state index in [0.717, 1.165) is 0 Å². The molecule has 0 unspecified atom stereocenters. The Balaban J connectivity index is 2.20. The molecule has 0 radical (unpaired) electrons. The molecule has 0 nitrogen and oxygen atoms in total.